The first kappa shape index (κ1) is 16.2. The second kappa shape index (κ2) is 5.24. The third kappa shape index (κ3) is 2.98. The van der Waals surface area contributed by atoms with E-state index in [4.69, 9.17) is 10.8 Å². The maximum absolute atomic E-state index is 12.2. The van der Waals surface area contributed by atoms with Crippen molar-refractivity contribution in [2.75, 3.05) is 0 Å². The van der Waals surface area contributed by atoms with Crippen LogP contribution >= 0.6 is 0 Å². The molecule has 0 aliphatic carbocycles. The van der Waals surface area contributed by atoms with Gasteiger partial charge in [0.25, 0.3) is 0 Å². The Hall–Kier alpha value is -1.89. The molecule has 0 bridgehead atoms. The van der Waals surface area contributed by atoms with E-state index in [1.165, 1.54) is 18.2 Å². The predicted molar refractivity (Wildman–Crippen MR) is 74.0 cm³/mol. The van der Waals surface area contributed by atoms with Crippen LogP contribution in [0.15, 0.2) is 18.2 Å². The van der Waals surface area contributed by atoms with Crippen molar-refractivity contribution in [1.82, 2.24) is 0 Å². The second-order valence-electron chi connectivity index (χ2n) is 5.08. The number of benzene rings is 1. The second-order valence-corrected chi connectivity index (χ2v) is 7.62. The number of carbonyl (C=O) groups excluding carboxylic acids is 1. The van der Waals surface area contributed by atoms with Gasteiger partial charge in [-0.2, -0.15) is 0 Å². The lowest BCUT2D eigenvalue weighted by molar-refractivity contribution is -0.139. The predicted octanol–water partition coefficient (Wildman–Crippen LogP) is 0.872. The Balaban J connectivity index is 3.18. The highest BCUT2D eigenvalue weighted by molar-refractivity contribution is 7.92. The van der Waals surface area contributed by atoms with Crippen LogP contribution in [0.3, 0.4) is 0 Å². The van der Waals surface area contributed by atoms with Gasteiger partial charge >= 0.3 is 5.97 Å². The number of amides is 1. The molecule has 1 aromatic rings. The van der Waals surface area contributed by atoms with Crippen LogP contribution in [0, 0.1) is 6.92 Å². The van der Waals surface area contributed by atoms with Crippen molar-refractivity contribution in [2.24, 2.45) is 5.73 Å². The number of aliphatic carboxylic acids is 1. The molecular weight excluding hydrogens is 282 g/mol. The molecule has 0 unspecified atom stereocenters. The van der Waals surface area contributed by atoms with Crippen LogP contribution in [0.4, 0.5) is 0 Å². The van der Waals surface area contributed by atoms with E-state index in [0.29, 0.717) is 11.1 Å². The molecule has 110 valence electrons. The van der Waals surface area contributed by atoms with Crippen LogP contribution in [0.1, 0.15) is 35.3 Å². The van der Waals surface area contributed by atoms with Crippen LogP contribution in [-0.2, 0) is 20.4 Å². The Morgan fingerprint density at radius 2 is 1.85 bits per heavy atom. The number of sulfone groups is 1. The molecule has 0 fully saturated rings. The monoisotopic (exact) mass is 299 g/mol. The number of nitrogens with two attached hydrogens (primary N) is 1. The van der Waals surface area contributed by atoms with E-state index in [1.807, 2.05) is 0 Å². The van der Waals surface area contributed by atoms with E-state index in [1.54, 1.807) is 6.92 Å². The summed E-state index contributed by atoms with van der Waals surface area (Å²) in [7, 11) is -3.88. The zero-order valence-electron chi connectivity index (χ0n) is 11.5. The number of carboxylic acid groups (broad SMARTS) is 1. The number of aryl methyl sites for hydroxylation is 1. The number of carboxylic acids is 1. The molecule has 0 atom stereocenters. The summed E-state index contributed by atoms with van der Waals surface area (Å²) in [6, 6.07) is 4.39. The fourth-order valence-electron chi connectivity index (χ4n) is 1.53. The van der Waals surface area contributed by atoms with E-state index in [2.05, 4.69) is 0 Å². The van der Waals surface area contributed by atoms with Crippen molar-refractivity contribution in [1.29, 1.82) is 0 Å². The van der Waals surface area contributed by atoms with Crippen molar-refractivity contribution in [2.45, 2.75) is 31.3 Å². The Labute approximate surface area is 117 Å². The highest BCUT2D eigenvalue weighted by Crippen LogP contribution is 2.23. The first-order valence-corrected chi connectivity index (χ1v) is 7.49. The Bertz CT molecular complexity index is 661. The van der Waals surface area contributed by atoms with Gasteiger partial charge in [-0.3, -0.25) is 9.59 Å². The minimum atomic E-state index is -3.88. The van der Waals surface area contributed by atoms with Crippen molar-refractivity contribution in [3.63, 3.8) is 0 Å². The normalized spacial score (nSPS) is 12.2. The average Bonchev–Trinajstić information content (AvgIpc) is 2.30. The first-order valence-electron chi connectivity index (χ1n) is 5.84. The van der Waals surface area contributed by atoms with Crippen LogP contribution in [0.2, 0.25) is 0 Å². The molecule has 3 N–H and O–H groups in total. The fraction of sp³-hybridized carbons (Fsp3) is 0.385. The third-order valence-corrected chi connectivity index (χ3v) is 5.69. The van der Waals surface area contributed by atoms with Crippen molar-refractivity contribution in [3.8, 4) is 0 Å². The summed E-state index contributed by atoms with van der Waals surface area (Å²) < 4.78 is 22.5. The summed E-state index contributed by atoms with van der Waals surface area (Å²) >= 11 is 0. The molecule has 1 rings (SSSR count). The molecule has 0 saturated heterocycles. The number of primary amides is 1. The largest absolute Gasteiger partial charge is 0.480 e. The van der Waals surface area contributed by atoms with Gasteiger partial charge in [0.1, 0.15) is 0 Å². The number of hydrogen-bond donors (Lipinski definition) is 2. The minimum absolute atomic E-state index is 0.279. The van der Waals surface area contributed by atoms with Crippen LogP contribution in [0.25, 0.3) is 0 Å². The molecule has 7 heteroatoms. The van der Waals surface area contributed by atoms with Gasteiger partial charge in [0.2, 0.25) is 5.91 Å². The highest BCUT2D eigenvalue weighted by Gasteiger charge is 2.41. The zero-order valence-corrected chi connectivity index (χ0v) is 12.3. The van der Waals surface area contributed by atoms with Crippen molar-refractivity contribution in [3.05, 3.63) is 34.9 Å². The SMILES string of the molecule is Cc1cc(C(N)=O)ccc1CS(=O)(=O)C(C)(C)C(=O)O. The first-order chi connectivity index (χ1) is 8.99. The van der Waals surface area contributed by atoms with E-state index < -0.39 is 32.2 Å². The lowest BCUT2D eigenvalue weighted by Gasteiger charge is -2.20. The van der Waals surface area contributed by atoms with E-state index in [9.17, 15) is 18.0 Å². The molecule has 0 saturated carbocycles. The number of carbonyl (C=O) groups is 2. The number of rotatable bonds is 5. The molecule has 20 heavy (non-hydrogen) atoms. The standard InChI is InChI=1S/C13H17NO5S/c1-8-6-9(11(14)15)4-5-10(8)7-20(18,19)13(2,3)12(16)17/h4-6H,7H2,1-3H3,(H2,14,15)(H,16,17). The van der Waals surface area contributed by atoms with E-state index in [0.717, 1.165) is 13.8 Å². The van der Waals surface area contributed by atoms with E-state index in [-0.39, 0.29) is 5.56 Å². The van der Waals surface area contributed by atoms with Crippen LogP contribution in [0.5, 0.6) is 0 Å². The van der Waals surface area contributed by atoms with Gasteiger partial charge in [-0.05, 0) is 44.0 Å². The molecule has 6 nitrogen and oxygen atoms in total. The molecule has 0 spiro atoms. The maximum Gasteiger partial charge on any atom is 0.324 e. The fourth-order valence-corrected chi connectivity index (χ4v) is 2.89. The van der Waals surface area contributed by atoms with E-state index >= 15 is 0 Å². The Morgan fingerprint density at radius 3 is 2.25 bits per heavy atom. The lowest BCUT2D eigenvalue weighted by Crippen LogP contribution is -2.41. The summed E-state index contributed by atoms with van der Waals surface area (Å²) in [6.07, 6.45) is 0. The van der Waals surface area contributed by atoms with Gasteiger partial charge in [-0.1, -0.05) is 6.07 Å². The van der Waals surface area contributed by atoms with Crippen molar-refractivity contribution >= 4 is 21.7 Å². The third-order valence-electron chi connectivity index (χ3n) is 3.27. The molecule has 0 aliphatic heterocycles. The van der Waals surface area contributed by atoms with Gasteiger partial charge in [0.15, 0.2) is 14.6 Å². The molecule has 0 heterocycles. The van der Waals surface area contributed by atoms with Gasteiger partial charge in [-0.25, -0.2) is 8.42 Å². The van der Waals surface area contributed by atoms with Crippen LogP contribution < -0.4 is 5.73 Å². The van der Waals surface area contributed by atoms with Crippen LogP contribution in [-0.4, -0.2) is 30.1 Å². The smallest absolute Gasteiger partial charge is 0.324 e. The van der Waals surface area contributed by atoms with Gasteiger partial charge in [-0.15, -0.1) is 0 Å². The maximum atomic E-state index is 12.2. The average molecular weight is 299 g/mol. The molecular formula is C13H17NO5S. The molecule has 0 aromatic heterocycles. The summed E-state index contributed by atoms with van der Waals surface area (Å²) in [4.78, 5) is 22.1. The molecule has 1 amide bonds. The summed E-state index contributed by atoms with van der Waals surface area (Å²) in [5, 5.41) is 9.00. The summed E-state index contributed by atoms with van der Waals surface area (Å²) in [6.45, 7) is 3.95. The number of hydrogen-bond acceptors (Lipinski definition) is 4. The minimum Gasteiger partial charge on any atom is -0.480 e. The zero-order chi connectivity index (χ0) is 15.7. The Morgan fingerprint density at radius 1 is 1.30 bits per heavy atom. The highest BCUT2D eigenvalue weighted by atomic mass is 32.2. The van der Waals surface area contributed by atoms with Gasteiger partial charge in [0.05, 0.1) is 5.75 Å². The van der Waals surface area contributed by atoms with Crippen molar-refractivity contribution < 1.29 is 23.1 Å². The molecule has 0 radical (unpaired) electrons. The van der Waals surface area contributed by atoms with Gasteiger partial charge in [0, 0.05) is 5.56 Å². The summed E-state index contributed by atoms with van der Waals surface area (Å²) in [5.74, 6) is -2.41. The Kier molecular flexibility index (Phi) is 4.24. The topological polar surface area (TPSA) is 115 Å². The quantitative estimate of drug-likeness (QED) is 0.837. The van der Waals surface area contributed by atoms with Gasteiger partial charge < -0.3 is 10.8 Å². The lowest BCUT2D eigenvalue weighted by atomic mass is 10.1. The molecule has 0 aliphatic rings. The summed E-state index contributed by atoms with van der Waals surface area (Å²) in [5.41, 5.74) is 6.44. The molecule has 1 aromatic carbocycles.